The highest BCUT2D eigenvalue weighted by molar-refractivity contribution is 6.24. The molecule has 0 N–H and O–H groups in total. The lowest BCUT2D eigenvalue weighted by Gasteiger charge is -2.52. The Morgan fingerprint density at radius 1 is 0.941 bits per heavy atom. The van der Waals surface area contributed by atoms with Crippen molar-refractivity contribution in [1.82, 2.24) is 0 Å². The van der Waals surface area contributed by atoms with Crippen molar-refractivity contribution in [3.63, 3.8) is 0 Å². The number of rotatable bonds is 4. The number of ketones is 1. The minimum Gasteiger partial charge on any atom is -0.492 e. The lowest BCUT2D eigenvalue weighted by molar-refractivity contribution is -0.123. The quantitative estimate of drug-likeness (QED) is 0.420. The Morgan fingerprint density at radius 2 is 1.56 bits per heavy atom. The molecule has 3 aromatic carbocycles. The number of hydrogen-bond acceptors (Lipinski definition) is 4. The van der Waals surface area contributed by atoms with Crippen LogP contribution in [0.25, 0.3) is 0 Å². The highest BCUT2D eigenvalue weighted by atomic mass is 16.5. The Morgan fingerprint density at radius 3 is 2.15 bits per heavy atom. The number of ether oxygens (including phenoxy) is 1. The molecule has 0 spiro atoms. The number of carbonyl (C=O) groups excluding carboxylic acids is 3. The monoisotopic (exact) mass is 451 g/mol. The highest BCUT2D eigenvalue weighted by Crippen LogP contribution is 2.64. The third kappa shape index (κ3) is 2.47. The van der Waals surface area contributed by atoms with Crippen LogP contribution in [0.3, 0.4) is 0 Å². The molecule has 0 aromatic heterocycles. The van der Waals surface area contributed by atoms with Crippen LogP contribution in [0, 0.1) is 11.8 Å². The molecule has 5 heteroatoms. The molecule has 0 radical (unpaired) electrons. The lowest BCUT2D eigenvalue weighted by atomic mass is 9.48. The molecule has 1 aliphatic heterocycles. The van der Waals surface area contributed by atoms with Gasteiger partial charge in [0, 0.05) is 16.9 Å². The van der Waals surface area contributed by atoms with E-state index in [0.29, 0.717) is 23.6 Å². The average Bonchev–Trinajstić information content (AvgIpc) is 3.11. The maximum absolute atomic E-state index is 14.2. The maximum Gasteiger partial charge on any atom is 0.239 e. The third-order valence-electron chi connectivity index (χ3n) is 7.95. The molecule has 3 aromatic rings. The van der Waals surface area contributed by atoms with E-state index in [4.69, 9.17) is 4.74 Å². The number of amides is 2. The summed E-state index contributed by atoms with van der Waals surface area (Å²) in [4.78, 5) is 41.7. The van der Waals surface area contributed by atoms with Crippen LogP contribution in [0.4, 0.5) is 5.69 Å². The zero-order chi connectivity index (χ0) is 23.8. The van der Waals surface area contributed by atoms with E-state index in [1.807, 2.05) is 31.2 Å². The molecule has 1 fully saturated rings. The SMILES string of the molecule is CCOc1ccc(C(C)=O)cc1N1C(=O)[C@H]2C3c4ccccc4C(C)(c4ccccc43)[C@H]2C1=O. The van der Waals surface area contributed by atoms with Gasteiger partial charge in [-0.1, -0.05) is 55.5 Å². The van der Waals surface area contributed by atoms with E-state index >= 15 is 0 Å². The van der Waals surface area contributed by atoms with E-state index in [9.17, 15) is 14.4 Å². The van der Waals surface area contributed by atoms with Gasteiger partial charge in [0.05, 0.1) is 24.1 Å². The molecule has 3 aliphatic carbocycles. The first-order chi connectivity index (χ1) is 16.4. The summed E-state index contributed by atoms with van der Waals surface area (Å²) in [7, 11) is 0. The maximum atomic E-state index is 14.2. The molecule has 1 saturated heterocycles. The van der Waals surface area contributed by atoms with E-state index in [0.717, 1.165) is 22.3 Å². The summed E-state index contributed by atoms with van der Waals surface area (Å²) in [6.07, 6.45) is 0. The smallest absolute Gasteiger partial charge is 0.239 e. The topological polar surface area (TPSA) is 63.7 Å². The van der Waals surface area contributed by atoms with Crippen molar-refractivity contribution >= 4 is 23.3 Å². The van der Waals surface area contributed by atoms with Gasteiger partial charge in [-0.05, 0) is 54.3 Å². The van der Waals surface area contributed by atoms with Crippen LogP contribution >= 0.6 is 0 Å². The zero-order valence-corrected chi connectivity index (χ0v) is 19.4. The van der Waals surface area contributed by atoms with Gasteiger partial charge in [-0.2, -0.15) is 0 Å². The van der Waals surface area contributed by atoms with Crippen molar-refractivity contribution in [2.24, 2.45) is 11.8 Å². The van der Waals surface area contributed by atoms with Gasteiger partial charge in [-0.15, -0.1) is 0 Å². The standard InChI is InChI=1S/C29H25NO4/c1-4-34-23-14-13-17(16(2)31)15-22(23)30-27(32)25-24-18-9-5-7-11-20(18)29(3,26(25)28(30)33)21-12-8-6-10-19(21)24/h5-15,24-26H,4H2,1-3H3/t24?,25-,26+,29?/m0/s1. The molecule has 0 unspecified atom stereocenters. The summed E-state index contributed by atoms with van der Waals surface area (Å²) in [5.74, 6) is -1.37. The molecule has 0 saturated carbocycles. The molecular formula is C29H25NO4. The van der Waals surface area contributed by atoms with Crippen LogP contribution in [0.5, 0.6) is 5.75 Å². The fourth-order valence-corrected chi connectivity index (χ4v) is 6.58. The number of hydrogen-bond donors (Lipinski definition) is 0. The van der Waals surface area contributed by atoms with Crippen molar-refractivity contribution in [2.75, 3.05) is 11.5 Å². The number of imide groups is 1. The summed E-state index contributed by atoms with van der Waals surface area (Å²) >= 11 is 0. The Hall–Kier alpha value is -3.73. The van der Waals surface area contributed by atoms with Gasteiger partial charge in [0.1, 0.15) is 5.75 Å². The number of anilines is 1. The molecule has 2 amide bonds. The summed E-state index contributed by atoms with van der Waals surface area (Å²) in [6.45, 7) is 5.81. The number of Topliss-reactive ketones (excluding diaryl/α,β-unsaturated/α-hetero) is 1. The van der Waals surface area contributed by atoms with Crippen molar-refractivity contribution in [1.29, 1.82) is 0 Å². The van der Waals surface area contributed by atoms with E-state index in [2.05, 4.69) is 31.2 Å². The Labute approximate surface area is 198 Å². The van der Waals surface area contributed by atoms with Crippen LogP contribution in [0.1, 0.15) is 59.3 Å². The predicted octanol–water partition coefficient (Wildman–Crippen LogP) is 4.86. The Bertz CT molecular complexity index is 1340. The minimum absolute atomic E-state index is 0.132. The van der Waals surface area contributed by atoms with E-state index in [-0.39, 0.29) is 23.5 Å². The molecular weight excluding hydrogens is 426 g/mol. The summed E-state index contributed by atoms with van der Waals surface area (Å²) in [6, 6.07) is 21.4. The normalized spacial score (nSPS) is 26.2. The molecule has 170 valence electrons. The van der Waals surface area contributed by atoms with Crippen molar-refractivity contribution < 1.29 is 19.1 Å². The van der Waals surface area contributed by atoms with Crippen LogP contribution in [-0.2, 0) is 15.0 Å². The first kappa shape index (κ1) is 20.8. The Kier molecular flexibility index (Phi) is 4.37. The number of nitrogens with zero attached hydrogens (tertiary/aromatic N) is 1. The first-order valence-corrected chi connectivity index (χ1v) is 11.7. The van der Waals surface area contributed by atoms with Gasteiger partial charge >= 0.3 is 0 Å². The number of carbonyl (C=O) groups is 3. The molecule has 5 nitrogen and oxygen atoms in total. The molecule has 7 rings (SSSR count). The van der Waals surface area contributed by atoms with Gasteiger partial charge in [0.2, 0.25) is 11.8 Å². The van der Waals surface area contributed by atoms with Crippen molar-refractivity contribution in [3.8, 4) is 5.75 Å². The minimum atomic E-state index is -0.627. The van der Waals surface area contributed by atoms with Gasteiger partial charge in [0.25, 0.3) is 0 Å². The van der Waals surface area contributed by atoms with Gasteiger partial charge in [-0.25, -0.2) is 4.90 Å². The van der Waals surface area contributed by atoms with Gasteiger partial charge in [-0.3, -0.25) is 14.4 Å². The number of benzene rings is 3. The van der Waals surface area contributed by atoms with Crippen molar-refractivity contribution in [2.45, 2.75) is 32.1 Å². The molecule has 4 aliphatic rings. The highest BCUT2D eigenvalue weighted by Gasteiger charge is 2.66. The molecule has 1 heterocycles. The lowest BCUT2D eigenvalue weighted by Crippen LogP contribution is -2.51. The Balaban J connectivity index is 1.58. The van der Waals surface area contributed by atoms with E-state index < -0.39 is 17.3 Å². The van der Waals surface area contributed by atoms with E-state index in [1.54, 1.807) is 18.2 Å². The zero-order valence-electron chi connectivity index (χ0n) is 19.4. The van der Waals surface area contributed by atoms with Gasteiger partial charge in [0.15, 0.2) is 5.78 Å². The molecule has 2 atom stereocenters. The van der Waals surface area contributed by atoms with Crippen LogP contribution < -0.4 is 9.64 Å². The second-order valence-electron chi connectivity index (χ2n) is 9.54. The molecule has 2 bridgehead atoms. The second-order valence-corrected chi connectivity index (χ2v) is 9.54. The molecule has 34 heavy (non-hydrogen) atoms. The summed E-state index contributed by atoms with van der Waals surface area (Å²) < 4.78 is 5.79. The predicted molar refractivity (Wildman–Crippen MR) is 128 cm³/mol. The summed E-state index contributed by atoms with van der Waals surface area (Å²) in [5.41, 5.74) is 4.64. The van der Waals surface area contributed by atoms with E-state index in [1.165, 1.54) is 11.8 Å². The average molecular weight is 452 g/mol. The van der Waals surface area contributed by atoms with Gasteiger partial charge < -0.3 is 4.74 Å². The van der Waals surface area contributed by atoms with Crippen LogP contribution in [0.15, 0.2) is 66.7 Å². The van der Waals surface area contributed by atoms with Crippen LogP contribution in [0.2, 0.25) is 0 Å². The fourth-order valence-electron chi connectivity index (χ4n) is 6.58. The summed E-state index contributed by atoms with van der Waals surface area (Å²) in [5, 5.41) is 0. The second kappa shape index (κ2) is 7.13. The van der Waals surface area contributed by atoms with Crippen LogP contribution in [-0.4, -0.2) is 24.2 Å². The largest absolute Gasteiger partial charge is 0.492 e. The third-order valence-corrected chi connectivity index (χ3v) is 7.95. The fraction of sp³-hybridized carbons (Fsp3) is 0.276. The first-order valence-electron chi connectivity index (χ1n) is 11.7. The van der Waals surface area contributed by atoms with Crippen molar-refractivity contribution in [3.05, 3.63) is 94.5 Å².